The van der Waals surface area contributed by atoms with Crippen molar-refractivity contribution in [1.29, 1.82) is 0 Å². The molecule has 0 bridgehead atoms. The first-order valence-electron chi connectivity index (χ1n) is 11.1. The van der Waals surface area contributed by atoms with E-state index in [4.69, 9.17) is 4.74 Å². The molecule has 0 N–H and O–H groups in total. The fourth-order valence-corrected chi connectivity index (χ4v) is 5.68. The highest BCUT2D eigenvalue weighted by atomic mass is 79.9. The van der Waals surface area contributed by atoms with Crippen molar-refractivity contribution in [1.82, 2.24) is 4.90 Å². The summed E-state index contributed by atoms with van der Waals surface area (Å²) in [7, 11) is 0. The molecule has 3 unspecified atom stereocenters. The van der Waals surface area contributed by atoms with Crippen LogP contribution >= 0.6 is 15.9 Å². The average molecular weight is 496 g/mol. The lowest BCUT2D eigenvalue weighted by molar-refractivity contribution is -0.147. The molecule has 4 atom stereocenters. The number of hydrogen-bond acceptors (Lipinski definition) is 3. The monoisotopic (exact) mass is 495 g/mol. The first-order chi connectivity index (χ1) is 16.2. The number of halogens is 1. The average Bonchev–Trinajstić information content (AvgIpc) is 3.52. The number of fused-ring (bicyclic) bond motifs is 1. The summed E-state index contributed by atoms with van der Waals surface area (Å²) in [5, 5.41) is 0. The first kappa shape index (κ1) is 20.4. The van der Waals surface area contributed by atoms with Gasteiger partial charge in [-0.05, 0) is 34.4 Å². The quantitative estimate of drug-likeness (QED) is 0.190. The zero-order valence-electron chi connectivity index (χ0n) is 17.8. The van der Waals surface area contributed by atoms with E-state index in [1.807, 2.05) is 42.5 Å². The SMILES string of the molecule is O=C1O[C@H](c2ccc(Br)cc2)C2C1N2C(c1ccccc1)(c1ccccc1)c1ccccc1. The van der Waals surface area contributed by atoms with Crippen LogP contribution in [0.1, 0.15) is 28.4 Å². The summed E-state index contributed by atoms with van der Waals surface area (Å²) in [6.07, 6.45) is -0.300. The fraction of sp³-hybridized carbons (Fsp3) is 0.138. The van der Waals surface area contributed by atoms with Gasteiger partial charge in [0.25, 0.3) is 0 Å². The summed E-state index contributed by atoms with van der Waals surface area (Å²) in [4.78, 5) is 15.5. The van der Waals surface area contributed by atoms with E-state index in [1.54, 1.807) is 0 Å². The van der Waals surface area contributed by atoms with Crippen molar-refractivity contribution in [2.75, 3.05) is 0 Å². The van der Waals surface area contributed by atoms with Gasteiger partial charge < -0.3 is 4.74 Å². The number of carbonyl (C=O) groups is 1. The van der Waals surface area contributed by atoms with Gasteiger partial charge in [0.2, 0.25) is 0 Å². The number of morpholine rings is 1. The number of esters is 1. The third-order valence-corrected chi connectivity index (χ3v) is 7.34. The van der Waals surface area contributed by atoms with E-state index in [2.05, 4.69) is 93.6 Å². The molecule has 4 aromatic carbocycles. The standard InChI is InChI=1S/C29H22BrNO2/c30-24-18-16-20(17-19-24)27-25-26(28(32)33-27)31(25)29(21-10-4-1-5-11-21,22-12-6-2-7-13-22)23-14-8-3-9-15-23/h1-19,25-27H/t25?,26?,27-,31?/m1/s1. The minimum atomic E-state index is -0.605. The topological polar surface area (TPSA) is 29.3 Å². The molecule has 4 heteroatoms. The lowest BCUT2D eigenvalue weighted by atomic mass is 9.76. The van der Waals surface area contributed by atoms with Crippen molar-refractivity contribution in [3.63, 3.8) is 0 Å². The number of rotatable bonds is 5. The van der Waals surface area contributed by atoms with Gasteiger partial charge in [-0.15, -0.1) is 0 Å². The van der Waals surface area contributed by atoms with Gasteiger partial charge in [0.05, 0.1) is 11.6 Å². The van der Waals surface area contributed by atoms with Crippen molar-refractivity contribution in [3.8, 4) is 0 Å². The van der Waals surface area contributed by atoms with Crippen molar-refractivity contribution in [2.45, 2.75) is 23.7 Å². The highest BCUT2D eigenvalue weighted by molar-refractivity contribution is 9.10. The van der Waals surface area contributed by atoms with Crippen LogP contribution in [-0.4, -0.2) is 23.0 Å². The highest BCUT2D eigenvalue weighted by Gasteiger charge is 2.71. The Morgan fingerprint density at radius 2 is 1.12 bits per heavy atom. The summed E-state index contributed by atoms with van der Waals surface area (Å²) in [5.41, 5.74) is 3.83. The molecule has 3 nitrogen and oxygen atoms in total. The normalized spacial score (nSPS) is 23.6. The van der Waals surface area contributed by atoms with Gasteiger partial charge in [-0.25, -0.2) is 0 Å². The van der Waals surface area contributed by atoms with E-state index < -0.39 is 5.54 Å². The molecule has 0 amide bonds. The lowest BCUT2D eigenvalue weighted by Crippen LogP contribution is -2.42. The molecule has 33 heavy (non-hydrogen) atoms. The zero-order chi connectivity index (χ0) is 22.4. The maximum atomic E-state index is 13.1. The van der Waals surface area contributed by atoms with E-state index in [0.29, 0.717) is 0 Å². The largest absolute Gasteiger partial charge is 0.455 e. The van der Waals surface area contributed by atoms with E-state index in [1.165, 1.54) is 0 Å². The maximum Gasteiger partial charge on any atom is 0.325 e. The first-order valence-corrected chi connectivity index (χ1v) is 11.9. The molecular formula is C29H22BrNO2. The fourth-order valence-electron chi connectivity index (χ4n) is 5.41. The number of hydrogen-bond donors (Lipinski definition) is 0. The van der Waals surface area contributed by atoms with Crippen LogP contribution in [0.15, 0.2) is 120 Å². The van der Waals surface area contributed by atoms with Crippen LogP contribution in [0.4, 0.5) is 0 Å². The second-order valence-corrected chi connectivity index (χ2v) is 9.48. The van der Waals surface area contributed by atoms with Crippen LogP contribution in [-0.2, 0) is 15.1 Å². The molecule has 2 aliphatic rings. The van der Waals surface area contributed by atoms with Gasteiger partial charge >= 0.3 is 5.97 Å². The van der Waals surface area contributed by atoms with Gasteiger partial charge in [0.15, 0.2) is 0 Å². The summed E-state index contributed by atoms with van der Waals surface area (Å²) in [6, 6.07) is 39.2. The minimum Gasteiger partial charge on any atom is -0.455 e. The number of cyclic esters (lactones) is 1. The Kier molecular flexibility index (Phi) is 4.93. The Balaban J connectivity index is 1.57. The molecule has 6 rings (SSSR count). The van der Waals surface area contributed by atoms with E-state index in [0.717, 1.165) is 26.7 Å². The van der Waals surface area contributed by atoms with E-state index in [9.17, 15) is 4.79 Å². The number of carbonyl (C=O) groups excluding carboxylic acids is 1. The summed E-state index contributed by atoms with van der Waals surface area (Å²) in [5.74, 6) is -0.153. The minimum absolute atomic E-state index is 0.0423. The van der Waals surface area contributed by atoms with Crippen LogP contribution in [0.25, 0.3) is 0 Å². The summed E-state index contributed by atoms with van der Waals surface area (Å²) in [6.45, 7) is 0. The molecule has 0 spiro atoms. The van der Waals surface area contributed by atoms with Crippen LogP contribution in [0, 0.1) is 0 Å². The Labute approximate surface area is 201 Å². The van der Waals surface area contributed by atoms with Crippen molar-refractivity contribution in [3.05, 3.63) is 142 Å². The Bertz CT molecular complexity index is 1180. The molecule has 2 heterocycles. The van der Waals surface area contributed by atoms with Gasteiger partial charge in [-0.1, -0.05) is 119 Å². The molecular weight excluding hydrogens is 474 g/mol. The van der Waals surface area contributed by atoms with Crippen LogP contribution < -0.4 is 0 Å². The Morgan fingerprint density at radius 3 is 1.58 bits per heavy atom. The molecule has 162 valence electrons. The summed E-state index contributed by atoms with van der Waals surface area (Å²) >= 11 is 3.51. The molecule has 0 aromatic heterocycles. The number of nitrogens with zero attached hydrogens (tertiary/aromatic N) is 1. The van der Waals surface area contributed by atoms with Crippen LogP contribution in [0.2, 0.25) is 0 Å². The molecule has 4 aromatic rings. The predicted octanol–water partition coefficient (Wildman–Crippen LogP) is 6.09. The molecule has 0 radical (unpaired) electrons. The molecule has 0 saturated carbocycles. The lowest BCUT2D eigenvalue weighted by Gasteiger charge is -2.40. The van der Waals surface area contributed by atoms with Gasteiger partial charge in [0, 0.05) is 4.47 Å². The third-order valence-electron chi connectivity index (χ3n) is 6.81. The third kappa shape index (κ3) is 3.17. The Morgan fingerprint density at radius 1 is 0.667 bits per heavy atom. The Hall–Kier alpha value is -3.21. The zero-order valence-corrected chi connectivity index (χ0v) is 19.4. The number of ether oxygens (including phenoxy) is 1. The molecule has 0 aliphatic carbocycles. The van der Waals surface area contributed by atoms with Crippen molar-refractivity contribution in [2.24, 2.45) is 0 Å². The second-order valence-electron chi connectivity index (χ2n) is 8.56. The molecule has 2 aliphatic heterocycles. The summed E-state index contributed by atoms with van der Waals surface area (Å²) < 4.78 is 6.89. The van der Waals surface area contributed by atoms with E-state index >= 15 is 0 Å². The smallest absolute Gasteiger partial charge is 0.325 e. The van der Waals surface area contributed by atoms with Gasteiger partial charge in [-0.2, -0.15) is 0 Å². The highest BCUT2D eigenvalue weighted by Crippen LogP contribution is 2.58. The van der Waals surface area contributed by atoms with Gasteiger partial charge in [-0.3, -0.25) is 9.69 Å². The van der Waals surface area contributed by atoms with Crippen LogP contribution in [0.3, 0.4) is 0 Å². The maximum absolute atomic E-state index is 13.1. The predicted molar refractivity (Wildman–Crippen MR) is 132 cm³/mol. The second kappa shape index (κ2) is 7.98. The van der Waals surface area contributed by atoms with Gasteiger partial charge in [0.1, 0.15) is 12.1 Å². The van der Waals surface area contributed by atoms with Crippen LogP contribution in [0.5, 0.6) is 0 Å². The van der Waals surface area contributed by atoms with Crippen molar-refractivity contribution < 1.29 is 9.53 Å². The molecule has 2 saturated heterocycles. The van der Waals surface area contributed by atoms with E-state index in [-0.39, 0.29) is 24.2 Å². The molecule has 2 fully saturated rings. The number of benzene rings is 4. The van der Waals surface area contributed by atoms with Crippen molar-refractivity contribution >= 4 is 21.9 Å².